The van der Waals surface area contributed by atoms with E-state index in [4.69, 9.17) is 0 Å². The summed E-state index contributed by atoms with van der Waals surface area (Å²) >= 11 is 0. The normalized spacial score (nSPS) is 15.8. The number of benzene rings is 2. The van der Waals surface area contributed by atoms with E-state index in [1.54, 1.807) is 0 Å². The first-order valence-corrected chi connectivity index (χ1v) is 12.7. The number of carboxylic acids is 3. The zero-order chi connectivity index (χ0) is 28.5. The smallest absolute Gasteiger partial charge is 0.337 e. The molecule has 2 aromatic rings. The van der Waals surface area contributed by atoms with Crippen LogP contribution in [0.2, 0.25) is 0 Å². The van der Waals surface area contributed by atoms with Crippen molar-refractivity contribution in [2.45, 2.75) is 37.4 Å². The molecule has 3 N–H and O–H groups in total. The van der Waals surface area contributed by atoms with E-state index in [0.29, 0.717) is 0 Å². The van der Waals surface area contributed by atoms with Gasteiger partial charge in [-0.2, -0.15) is 25.3 Å². The van der Waals surface area contributed by atoms with Crippen molar-refractivity contribution in [3.8, 4) is 0 Å². The topological polar surface area (TPSA) is 251 Å². The van der Waals surface area contributed by atoms with Gasteiger partial charge in [0.1, 0.15) is 0 Å². The van der Waals surface area contributed by atoms with E-state index in [2.05, 4.69) is 13.1 Å². The standard InChI is InChI=1S/C19H17N3O12S3/c1-17(14(23)24,20-35(29)30)10-4-5-12-9(6-10)7-11(18(2,15(25)26)21-36(31)32)8-13(12)19(3,16(27)28)22-37(33)34/h4-8H,1-3H3,(H,23,24)(H,25,26)(H,27,28)/t17-,18-,19-/m0/s1. The first kappa shape index (κ1) is 29.2. The third-order valence-corrected chi connectivity index (χ3v) is 7.16. The van der Waals surface area contributed by atoms with E-state index < -0.39 is 77.2 Å². The maximum Gasteiger partial charge on any atom is 0.337 e. The fourth-order valence-electron chi connectivity index (χ4n) is 3.44. The molecule has 0 unspecified atom stereocenters. The molecule has 37 heavy (non-hydrogen) atoms. The number of rotatable bonds is 9. The van der Waals surface area contributed by atoms with Crippen molar-refractivity contribution in [2.24, 2.45) is 13.1 Å². The number of aliphatic carboxylic acids is 3. The molecule has 0 saturated heterocycles. The number of fused-ring (bicyclic) bond motifs is 1. The molecule has 18 heteroatoms. The van der Waals surface area contributed by atoms with Gasteiger partial charge >= 0.3 is 49.4 Å². The Hall–Kier alpha value is -4.03. The van der Waals surface area contributed by atoms with Gasteiger partial charge < -0.3 is 15.3 Å². The lowest BCUT2D eigenvalue weighted by Gasteiger charge is -2.26. The zero-order valence-corrected chi connectivity index (χ0v) is 21.4. The summed E-state index contributed by atoms with van der Waals surface area (Å²) < 4.78 is 77.3. The van der Waals surface area contributed by atoms with Crippen molar-refractivity contribution in [3.05, 3.63) is 47.0 Å². The molecule has 0 fully saturated rings. The zero-order valence-electron chi connectivity index (χ0n) is 19.0. The minimum atomic E-state index is -3.28. The van der Waals surface area contributed by atoms with Crippen LogP contribution in [0.3, 0.4) is 0 Å². The summed E-state index contributed by atoms with van der Waals surface area (Å²) in [6, 6.07) is 5.25. The molecule has 0 saturated carbocycles. The summed E-state index contributed by atoms with van der Waals surface area (Å²) in [5.41, 5.74) is -8.57. The molecule has 0 aliphatic rings. The Morgan fingerprint density at radius 2 is 1.00 bits per heavy atom. The second-order valence-electron chi connectivity index (χ2n) is 8.02. The molecule has 0 spiro atoms. The van der Waals surface area contributed by atoms with E-state index in [1.807, 2.05) is 0 Å². The molecule has 2 rings (SSSR count). The molecule has 0 aliphatic heterocycles. The molecule has 15 nitrogen and oxygen atoms in total. The number of carbonyl (C=O) groups is 3. The summed E-state index contributed by atoms with van der Waals surface area (Å²) in [4.78, 5) is 36.1. The van der Waals surface area contributed by atoms with Crippen molar-refractivity contribution in [1.82, 2.24) is 0 Å². The van der Waals surface area contributed by atoms with Crippen molar-refractivity contribution in [3.63, 3.8) is 0 Å². The van der Waals surface area contributed by atoms with Crippen LogP contribution in [0.4, 0.5) is 0 Å². The van der Waals surface area contributed by atoms with Crippen LogP contribution in [-0.2, 0) is 62.5 Å². The summed E-state index contributed by atoms with van der Waals surface area (Å²) in [5.74, 6) is -5.26. The molecule has 0 radical (unpaired) electrons. The van der Waals surface area contributed by atoms with Gasteiger partial charge in [-0.15, -0.1) is 13.1 Å². The SMILES string of the molecule is C[C@@](N=S(=O)=O)(C(=O)O)c1ccc2c([C@](C)(N=S(=O)=O)C(=O)O)cc([C@](C)(N=S(=O)=O)C(=O)O)cc2c1. The van der Waals surface area contributed by atoms with Crippen LogP contribution in [0.15, 0.2) is 43.4 Å². The second-order valence-corrected chi connectivity index (χ2v) is 9.87. The van der Waals surface area contributed by atoms with Crippen molar-refractivity contribution in [2.75, 3.05) is 0 Å². The Kier molecular flexibility index (Phi) is 8.01. The summed E-state index contributed by atoms with van der Waals surface area (Å²) in [6.45, 7) is 2.71. The van der Waals surface area contributed by atoms with Crippen LogP contribution in [0.1, 0.15) is 37.5 Å². The Balaban J connectivity index is 3.25. The van der Waals surface area contributed by atoms with E-state index in [0.717, 1.165) is 51.1 Å². The molecular formula is C19H17N3O12S3. The maximum absolute atomic E-state index is 12.1. The molecule has 2 aromatic carbocycles. The lowest BCUT2D eigenvalue weighted by Crippen LogP contribution is -2.33. The molecule has 0 heterocycles. The van der Waals surface area contributed by atoms with Crippen molar-refractivity contribution < 1.29 is 55.0 Å². The highest BCUT2D eigenvalue weighted by Gasteiger charge is 2.43. The van der Waals surface area contributed by atoms with E-state index in [9.17, 15) is 55.0 Å². The molecule has 0 bridgehead atoms. The average molecular weight is 576 g/mol. The van der Waals surface area contributed by atoms with E-state index >= 15 is 0 Å². The Bertz CT molecular complexity index is 1750. The van der Waals surface area contributed by atoms with Crippen LogP contribution >= 0.6 is 0 Å². The Labute approximate surface area is 212 Å². The summed E-state index contributed by atoms with van der Waals surface area (Å²) in [5, 5.41) is 29.0. The molecular weight excluding hydrogens is 558 g/mol. The predicted octanol–water partition coefficient (Wildman–Crippen LogP) is 0.927. The lowest BCUT2D eigenvalue weighted by atomic mass is 9.81. The molecule has 0 aromatic heterocycles. The highest BCUT2D eigenvalue weighted by Crippen LogP contribution is 2.39. The average Bonchev–Trinajstić information content (AvgIpc) is 2.75. The van der Waals surface area contributed by atoms with Gasteiger partial charge in [0.2, 0.25) is 0 Å². The first-order chi connectivity index (χ1) is 16.9. The summed E-state index contributed by atoms with van der Waals surface area (Å²) in [7, 11) is -9.73. The Morgan fingerprint density at radius 1 is 0.622 bits per heavy atom. The minimum absolute atomic E-state index is 0.0569. The summed E-state index contributed by atoms with van der Waals surface area (Å²) in [6.07, 6.45) is 0. The fraction of sp³-hybridized carbons (Fsp3) is 0.316. The van der Waals surface area contributed by atoms with Gasteiger partial charge in [-0.1, -0.05) is 12.1 Å². The third kappa shape index (κ3) is 5.54. The predicted molar refractivity (Wildman–Crippen MR) is 123 cm³/mol. The molecule has 3 atom stereocenters. The van der Waals surface area contributed by atoms with Gasteiger partial charge in [0, 0.05) is 0 Å². The second kappa shape index (κ2) is 10.1. The van der Waals surface area contributed by atoms with Gasteiger partial charge in [0.15, 0.2) is 16.6 Å². The number of hydrogen-bond acceptors (Lipinski definition) is 12. The third-order valence-electron chi connectivity index (χ3n) is 5.62. The Morgan fingerprint density at radius 3 is 1.41 bits per heavy atom. The van der Waals surface area contributed by atoms with Crippen LogP contribution in [0, 0.1) is 0 Å². The minimum Gasteiger partial charge on any atom is -0.479 e. The van der Waals surface area contributed by atoms with E-state index in [1.165, 1.54) is 0 Å². The van der Waals surface area contributed by atoms with E-state index in [-0.39, 0.29) is 16.3 Å². The maximum atomic E-state index is 12.1. The molecule has 198 valence electrons. The fourth-order valence-corrected chi connectivity index (χ4v) is 4.88. The van der Waals surface area contributed by atoms with Crippen LogP contribution < -0.4 is 0 Å². The molecule has 0 amide bonds. The van der Waals surface area contributed by atoms with Crippen molar-refractivity contribution in [1.29, 1.82) is 0 Å². The van der Waals surface area contributed by atoms with Gasteiger partial charge in [0.05, 0.1) is 0 Å². The monoisotopic (exact) mass is 575 g/mol. The quantitative estimate of drug-likeness (QED) is 0.377. The van der Waals surface area contributed by atoms with Gasteiger partial charge in [-0.25, -0.2) is 14.4 Å². The highest BCUT2D eigenvalue weighted by atomic mass is 32.2. The van der Waals surface area contributed by atoms with Gasteiger partial charge in [0.25, 0.3) is 0 Å². The number of hydrogen-bond donors (Lipinski definition) is 3. The van der Waals surface area contributed by atoms with Crippen molar-refractivity contribution >= 4 is 60.2 Å². The van der Waals surface area contributed by atoms with Crippen LogP contribution in [0.5, 0.6) is 0 Å². The first-order valence-electron chi connectivity index (χ1n) is 9.64. The highest BCUT2D eigenvalue weighted by molar-refractivity contribution is 7.62. The van der Waals surface area contributed by atoms with Gasteiger partial charge in [-0.3, -0.25) is 0 Å². The van der Waals surface area contributed by atoms with Crippen LogP contribution in [0.25, 0.3) is 10.8 Å². The number of carboxylic acid groups (broad SMARTS) is 3. The van der Waals surface area contributed by atoms with Crippen LogP contribution in [-0.4, -0.2) is 58.5 Å². The van der Waals surface area contributed by atoms with Gasteiger partial charge in [-0.05, 0) is 66.4 Å². The number of nitrogens with zero attached hydrogens (tertiary/aromatic N) is 3. The largest absolute Gasteiger partial charge is 0.479 e. The molecule has 0 aliphatic carbocycles. The lowest BCUT2D eigenvalue weighted by molar-refractivity contribution is -0.143.